The van der Waals surface area contributed by atoms with Crippen molar-refractivity contribution in [2.45, 2.75) is 18.7 Å². The molecule has 0 amide bonds. The molecule has 0 fully saturated rings. The molecular weight excluding hydrogens is 243 g/mol. The number of aryl methyl sites for hydroxylation is 1. The van der Waals surface area contributed by atoms with Gasteiger partial charge in [0.05, 0.1) is 5.69 Å². The normalized spacial score (nSPS) is 15.4. The van der Waals surface area contributed by atoms with E-state index in [0.29, 0.717) is 0 Å². The number of rotatable bonds is 2. The van der Waals surface area contributed by atoms with Crippen LogP contribution in [0.3, 0.4) is 0 Å². The number of hydrogen-bond acceptors (Lipinski definition) is 1. The summed E-state index contributed by atoms with van der Waals surface area (Å²) >= 11 is 0. The van der Waals surface area contributed by atoms with Crippen LogP contribution in [0, 0.1) is 6.92 Å². The first-order valence-electron chi connectivity index (χ1n) is 5.36. The van der Waals surface area contributed by atoms with Crippen molar-refractivity contribution in [2.24, 2.45) is 0 Å². The number of alkyl halides is 3. The second kappa shape index (κ2) is 4.17. The Labute approximate surface area is 102 Å². The molecule has 0 aliphatic heterocycles. The number of hydrogen-bond donors (Lipinski definition) is 2. The largest absolute Gasteiger partial charge is 0.427 e. The Balaban J connectivity index is 2.60. The SMILES string of the molecule is Cc1ccc([C@@](O)(c2ccc[nH]2)C(F)(F)F)cc1. The van der Waals surface area contributed by atoms with Crippen LogP contribution in [0.1, 0.15) is 16.8 Å². The van der Waals surface area contributed by atoms with Crippen molar-refractivity contribution in [2.75, 3.05) is 0 Å². The van der Waals surface area contributed by atoms with Gasteiger partial charge in [-0.15, -0.1) is 0 Å². The summed E-state index contributed by atoms with van der Waals surface area (Å²) in [5, 5.41) is 10.1. The molecule has 1 aromatic heterocycles. The Hall–Kier alpha value is -1.75. The third kappa shape index (κ3) is 1.90. The van der Waals surface area contributed by atoms with E-state index in [1.165, 1.54) is 42.6 Å². The Morgan fingerprint density at radius 1 is 1.06 bits per heavy atom. The Kier molecular flexibility index (Phi) is 2.94. The highest BCUT2D eigenvalue weighted by atomic mass is 19.4. The summed E-state index contributed by atoms with van der Waals surface area (Å²) < 4.78 is 39.6. The first-order valence-corrected chi connectivity index (χ1v) is 5.36. The van der Waals surface area contributed by atoms with Crippen LogP contribution in [-0.4, -0.2) is 16.3 Å². The van der Waals surface area contributed by atoms with E-state index in [4.69, 9.17) is 0 Å². The molecule has 0 saturated carbocycles. The van der Waals surface area contributed by atoms with Crippen LogP contribution in [0.15, 0.2) is 42.6 Å². The lowest BCUT2D eigenvalue weighted by molar-refractivity contribution is -0.249. The van der Waals surface area contributed by atoms with Gasteiger partial charge in [-0.25, -0.2) is 0 Å². The van der Waals surface area contributed by atoms with E-state index in [9.17, 15) is 18.3 Å². The molecule has 5 heteroatoms. The molecule has 0 spiro atoms. The predicted octanol–water partition coefficient (Wildman–Crippen LogP) is 3.12. The Morgan fingerprint density at radius 2 is 1.67 bits per heavy atom. The molecule has 96 valence electrons. The predicted molar refractivity (Wildman–Crippen MR) is 61.0 cm³/mol. The van der Waals surface area contributed by atoms with Crippen molar-refractivity contribution < 1.29 is 18.3 Å². The summed E-state index contributed by atoms with van der Waals surface area (Å²) in [6.45, 7) is 1.77. The van der Waals surface area contributed by atoms with E-state index in [0.717, 1.165) is 5.56 Å². The summed E-state index contributed by atoms with van der Waals surface area (Å²) in [4.78, 5) is 2.43. The second-order valence-electron chi connectivity index (χ2n) is 4.16. The first kappa shape index (κ1) is 12.7. The number of nitrogens with one attached hydrogen (secondary N) is 1. The highest BCUT2D eigenvalue weighted by Gasteiger charge is 2.57. The minimum Gasteiger partial charge on any atom is -0.371 e. The Morgan fingerprint density at radius 3 is 2.11 bits per heavy atom. The average molecular weight is 255 g/mol. The van der Waals surface area contributed by atoms with Crippen molar-refractivity contribution >= 4 is 0 Å². The number of H-pyrrole nitrogens is 1. The van der Waals surface area contributed by atoms with E-state index in [1.54, 1.807) is 6.92 Å². The first-order chi connectivity index (χ1) is 8.35. The lowest BCUT2D eigenvalue weighted by Gasteiger charge is -2.30. The molecule has 0 bridgehead atoms. The van der Waals surface area contributed by atoms with Gasteiger partial charge < -0.3 is 10.1 Å². The maximum absolute atomic E-state index is 13.2. The number of aromatic amines is 1. The average Bonchev–Trinajstić information content (AvgIpc) is 2.81. The second-order valence-corrected chi connectivity index (χ2v) is 4.16. The quantitative estimate of drug-likeness (QED) is 0.849. The van der Waals surface area contributed by atoms with Gasteiger partial charge in [-0.1, -0.05) is 29.8 Å². The topological polar surface area (TPSA) is 36.0 Å². The maximum Gasteiger partial charge on any atom is 0.427 e. The summed E-state index contributed by atoms with van der Waals surface area (Å²) in [5.74, 6) is 0. The van der Waals surface area contributed by atoms with Crippen molar-refractivity contribution in [3.8, 4) is 0 Å². The van der Waals surface area contributed by atoms with E-state index in [-0.39, 0.29) is 11.3 Å². The molecule has 18 heavy (non-hydrogen) atoms. The molecule has 1 heterocycles. The van der Waals surface area contributed by atoms with Crippen molar-refractivity contribution in [3.63, 3.8) is 0 Å². The molecule has 2 nitrogen and oxygen atoms in total. The van der Waals surface area contributed by atoms with Gasteiger partial charge >= 0.3 is 6.18 Å². The van der Waals surface area contributed by atoms with Crippen molar-refractivity contribution in [1.29, 1.82) is 0 Å². The molecular formula is C13H12F3NO. The van der Waals surface area contributed by atoms with Crippen molar-refractivity contribution in [3.05, 3.63) is 59.4 Å². The van der Waals surface area contributed by atoms with Gasteiger partial charge in [0.25, 0.3) is 0 Å². The van der Waals surface area contributed by atoms with Crippen LogP contribution in [-0.2, 0) is 5.60 Å². The molecule has 2 aromatic rings. The van der Waals surface area contributed by atoms with E-state index in [2.05, 4.69) is 4.98 Å². The third-order valence-corrected chi connectivity index (χ3v) is 2.87. The zero-order valence-electron chi connectivity index (χ0n) is 9.62. The van der Waals surface area contributed by atoms with Gasteiger partial charge in [-0.05, 0) is 24.6 Å². The van der Waals surface area contributed by atoms with Gasteiger partial charge in [-0.3, -0.25) is 0 Å². The molecule has 2 rings (SSSR count). The number of aliphatic hydroxyl groups is 1. The molecule has 0 aliphatic rings. The standard InChI is InChI=1S/C13H12F3NO/c1-9-4-6-10(7-5-9)12(18,13(14,15)16)11-3-2-8-17-11/h2-8,17-18H,1H3/t12-/m1/s1. The summed E-state index contributed by atoms with van der Waals surface area (Å²) in [7, 11) is 0. The minimum absolute atomic E-state index is 0.206. The van der Waals surface area contributed by atoms with Gasteiger partial charge in [0.1, 0.15) is 0 Å². The molecule has 1 aromatic carbocycles. The maximum atomic E-state index is 13.2. The number of aromatic nitrogens is 1. The van der Waals surface area contributed by atoms with Crippen LogP contribution in [0.25, 0.3) is 0 Å². The van der Waals surface area contributed by atoms with E-state index < -0.39 is 11.8 Å². The van der Waals surface area contributed by atoms with E-state index in [1.807, 2.05) is 0 Å². The zero-order chi connectivity index (χ0) is 13.4. The fraction of sp³-hybridized carbons (Fsp3) is 0.231. The molecule has 2 N–H and O–H groups in total. The summed E-state index contributed by atoms with van der Waals surface area (Å²) in [6, 6.07) is 8.27. The third-order valence-electron chi connectivity index (χ3n) is 2.87. The van der Waals surface area contributed by atoms with Gasteiger partial charge in [0.2, 0.25) is 5.60 Å². The van der Waals surface area contributed by atoms with Crippen LogP contribution in [0.4, 0.5) is 13.2 Å². The lowest BCUT2D eigenvalue weighted by Crippen LogP contribution is -2.43. The fourth-order valence-corrected chi connectivity index (χ4v) is 1.82. The molecule has 0 radical (unpaired) electrons. The van der Waals surface area contributed by atoms with Gasteiger partial charge in [0, 0.05) is 6.20 Å². The number of benzene rings is 1. The van der Waals surface area contributed by atoms with Crippen LogP contribution < -0.4 is 0 Å². The van der Waals surface area contributed by atoms with Gasteiger partial charge in [-0.2, -0.15) is 13.2 Å². The smallest absolute Gasteiger partial charge is 0.371 e. The highest BCUT2D eigenvalue weighted by Crippen LogP contribution is 2.43. The number of halogens is 3. The monoisotopic (exact) mass is 255 g/mol. The minimum atomic E-state index is -4.80. The van der Waals surface area contributed by atoms with Crippen LogP contribution >= 0.6 is 0 Å². The zero-order valence-corrected chi connectivity index (χ0v) is 9.62. The van der Waals surface area contributed by atoms with Crippen molar-refractivity contribution in [1.82, 2.24) is 4.98 Å². The molecule has 1 atom stereocenters. The van der Waals surface area contributed by atoms with Crippen LogP contribution in [0.2, 0.25) is 0 Å². The summed E-state index contributed by atoms with van der Waals surface area (Å²) in [5.41, 5.74) is -2.68. The van der Waals surface area contributed by atoms with Crippen LogP contribution in [0.5, 0.6) is 0 Å². The van der Waals surface area contributed by atoms with Gasteiger partial charge in [0.15, 0.2) is 0 Å². The highest BCUT2D eigenvalue weighted by molar-refractivity contribution is 5.36. The van der Waals surface area contributed by atoms with E-state index >= 15 is 0 Å². The molecule has 0 saturated heterocycles. The fourth-order valence-electron chi connectivity index (χ4n) is 1.82. The lowest BCUT2D eigenvalue weighted by atomic mass is 9.89. The summed E-state index contributed by atoms with van der Waals surface area (Å²) in [6.07, 6.45) is -3.45. The molecule has 0 unspecified atom stereocenters. The Bertz CT molecular complexity index is 516. The molecule has 0 aliphatic carbocycles.